The number of methoxy groups -OCH3 is 4. The van der Waals surface area contributed by atoms with Gasteiger partial charge in [0.25, 0.3) is 5.56 Å². The van der Waals surface area contributed by atoms with E-state index < -0.39 is 23.0 Å². The maximum Gasteiger partial charge on any atom is 0.357 e. The molecule has 1 atom stereocenters. The number of rotatable bonds is 7. The van der Waals surface area contributed by atoms with Gasteiger partial charge in [-0.15, -0.1) is 0 Å². The summed E-state index contributed by atoms with van der Waals surface area (Å²) in [6, 6.07) is 10.5. The second-order valence-electron chi connectivity index (χ2n) is 10.2. The molecule has 39 heavy (non-hydrogen) atoms. The topological polar surface area (TPSA) is 106 Å². The SMILES string of the molecule is COC(=O)c1c(-c2cc(OC)c(OC)c(OC)c2)c2ccccc2c(=O)n1N1CCC(C(=O)OC(C)(C)C)C1. The fraction of sp³-hybridized carbons (Fsp3) is 0.414. The van der Waals surface area contributed by atoms with Crippen LogP contribution in [0.1, 0.15) is 37.7 Å². The second-order valence-corrected chi connectivity index (χ2v) is 10.2. The van der Waals surface area contributed by atoms with Crippen molar-refractivity contribution in [3.05, 3.63) is 52.4 Å². The third kappa shape index (κ3) is 5.23. The summed E-state index contributed by atoms with van der Waals surface area (Å²) in [5.74, 6) is -0.351. The molecule has 0 spiro atoms. The number of benzene rings is 2. The number of nitrogens with zero attached hydrogens (tertiary/aromatic N) is 2. The predicted octanol–water partition coefficient (Wildman–Crippen LogP) is 3.78. The Bertz CT molecular complexity index is 1450. The molecule has 0 bridgehead atoms. The quantitative estimate of drug-likeness (QED) is 0.416. The zero-order valence-corrected chi connectivity index (χ0v) is 23.3. The largest absolute Gasteiger partial charge is 0.493 e. The Morgan fingerprint density at radius 3 is 2.08 bits per heavy atom. The van der Waals surface area contributed by atoms with E-state index in [1.807, 2.05) is 20.8 Å². The van der Waals surface area contributed by atoms with Crippen LogP contribution in [0.5, 0.6) is 17.2 Å². The Kier molecular flexibility index (Phi) is 7.76. The number of hydrogen-bond donors (Lipinski definition) is 0. The minimum absolute atomic E-state index is 0.0281. The highest BCUT2D eigenvalue weighted by Gasteiger charge is 2.36. The Morgan fingerprint density at radius 1 is 0.923 bits per heavy atom. The van der Waals surface area contributed by atoms with Crippen molar-refractivity contribution in [2.24, 2.45) is 5.92 Å². The van der Waals surface area contributed by atoms with E-state index in [2.05, 4.69) is 0 Å². The van der Waals surface area contributed by atoms with Crippen LogP contribution in [0.25, 0.3) is 21.9 Å². The fourth-order valence-corrected chi connectivity index (χ4v) is 4.91. The first kappa shape index (κ1) is 27.8. The number of hydrogen-bond acceptors (Lipinski definition) is 9. The average molecular weight is 539 g/mol. The highest BCUT2D eigenvalue weighted by atomic mass is 16.6. The molecule has 0 amide bonds. The lowest BCUT2D eigenvalue weighted by molar-refractivity contribution is -0.159. The smallest absolute Gasteiger partial charge is 0.357 e. The van der Waals surface area contributed by atoms with Crippen molar-refractivity contribution in [2.45, 2.75) is 32.8 Å². The van der Waals surface area contributed by atoms with Gasteiger partial charge >= 0.3 is 11.9 Å². The molecule has 1 aliphatic rings. The molecular weight excluding hydrogens is 504 g/mol. The number of carbonyl (C=O) groups excluding carboxylic acids is 2. The van der Waals surface area contributed by atoms with Crippen molar-refractivity contribution < 1.29 is 33.3 Å². The maximum atomic E-state index is 13.9. The summed E-state index contributed by atoms with van der Waals surface area (Å²) < 4.78 is 28.7. The number of carbonyl (C=O) groups is 2. The van der Waals surface area contributed by atoms with Crippen LogP contribution in [-0.2, 0) is 14.3 Å². The third-order valence-corrected chi connectivity index (χ3v) is 6.59. The van der Waals surface area contributed by atoms with Gasteiger partial charge < -0.3 is 28.7 Å². The van der Waals surface area contributed by atoms with Crippen LogP contribution in [0.15, 0.2) is 41.2 Å². The van der Waals surface area contributed by atoms with Crippen molar-refractivity contribution >= 4 is 22.7 Å². The van der Waals surface area contributed by atoms with Crippen LogP contribution < -0.4 is 24.8 Å². The monoisotopic (exact) mass is 538 g/mol. The van der Waals surface area contributed by atoms with E-state index in [0.29, 0.717) is 52.1 Å². The van der Waals surface area contributed by atoms with Gasteiger partial charge in [-0.05, 0) is 56.3 Å². The summed E-state index contributed by atoms with van der Waals surface area (Å²) in [5, 5.41) is 2.66. The molecule has 0 N–H and O–H groups in total. The molecule has 208 valence electrons. The van der Waals surface area contributed by atoms with Gasteiger partial charge in [0.2, 0.25) is 5.75 Å². The number of fused-ring (bicyclic) bond motifs is 1. The molecule has 1 fully saturated rings. The van der Waals surface area contributed by atoms with Crippen LogP contribution in [0.2, 0.25) is 0 Å². The molecular formula is C29H34N2O8. The molecule has 2 aromatic carbocycles. The highest BCUT2D eigenvalue weighted by Crippen LogP contribution is 2.43. The molecule has 0 aliphatic carbocycles. The van der Waals surface area contributed by atoms with Crippen molar-refractivity contribution in [1.82, 2.24) is 4.68 Å². The average Bonchev–Trinajstić information content (AvgIpc) is 3.41. The number of esters is 2. The molecule has 1 aliphatic heterocycles. The van der Waals surface area contributed by atoms with E-state index in [4.69, 9.17) is 23.7 Å². The second kappa shape index (κ2) is 10.9. The van der Waals surface area contributed by atoms with E-state index >= 15 is 0 Å². The lowest BCUT2D eigenvalue weighted by Gasteiger charge is -2.27. The molecule has 3 aromatic rings. The summed E-state index contributed by atoms with van der Waals surface area (Å²) in [6.07, 6.45) is 0.467. The molecule has 4 rings (SSSR count). The lowest BCUT2D eigenvalue weighted by atomic mass is 9.96. The molecule has 0 radical (unpaired) electrons. The first-order chi connectivity index (χ1) is 18.5. The van der Waals surface area contributed by atoms with Crippen LogP contribution in [0.4, 0.5) is 0 Å². The Morgan fingerprint density at radius 2 is 1.54 bits per heavy atom. The summed E-state index contributed by atoms with van der Waals surface area (Å²) in [4.78, 5) is 40.2. The Balaban J connectivity index is 1.99. The fourth-order valence-electron chi connectivity index (χ4n) is 4.91. The van der Waals surface area contributed by atoms with Crippen LogP contribution in [-0.4, -0.2) is 63.7 Å². The Labute approximate surface area is 226 Å². The molecule has 1 aromatic heterocycles. The molecule has 0 saturated carbocycles. The van der Waals surface area contributed by atoms with Gasteiger partial charge in [-0.1, -0.05) is 18.2 Å². The van der Waals surface area contributed by atoms with Gasteiger partial charge in [0, 0.05) is 24.0 Å². The lowest BCUT2D eigenvalue weighted by Crippen LogP contribution is -2.44. The molecule has 10 heteroatoms. The van der Waals surface area contributed by atoms with Gasteiger partial charge in [0.05, 0.1) is 34.4 Å². The summed E-state index contributed by atoms with van der Waals surface area (Å²) in [5.41, 5.74) is 0.00305. The van der Waals surface area contributed by atoms with E-state index in [0.717, 1.165) is 0 Å². The minimum Gasteiger partial charge on any atom is -0.493 e. The number of aromatic nitrogens is 1. The first-order valence-electron chi connectivity index (χ1n) is 12.6. The van der Waals surface area contributed by atoms with Gasteiger partial charge in [0.1, 0.15) is 5.60 Å². The van der Waals surface area contributed by atoms with Gasteiger partial charge in [-0.3, -0.25) is 9.59 Å². The molecule has 1 saturated heterocycles. The zero-order chi connectivity index (χ0) is 28.5. The summed E-state index contributed by atoms with van der Waals surface area (Å²) in [7, 11) is 5.77. The minimum atomic E-state index is -0.706. The van der Waals surface area contributed by atoms with E-state index in [-0.39, 0.29) is 18.2 Å². The normalized spacial score (nSPS) is 15.3. The number of pyridine rings is 1. The van der Waals surface area contributed by atoms with Gasteiger partial charge in [-0.2, -0.15) is 0 Å². The van der Waals surface area contributed by atoms with Gasteiger partial charge in [-0.25, -0.2) is 9.47 Å². The molecule has 10 nitrogen and oxygen atoms in total. The van der Waals surface area contributed by atoms with Crippen LogP contribution >= 0.6 is 0 Å². The third-order valence-electron chi connectivity index (χ3n) is 6.59. The van der Waals surface area contributed by atoms with E-state index in [9.17, 15) is 14.4 Å². The first-order valence-corrected chi connectivity index (χ1v) is 12.6. The van der Waals surface area contributed by atoms with Crippen molar-refractivity contribution in [2.75, 3.05) is 46.5 Å². The standard InChI is InChI=1S/C29H34N2O8/c1-29(2,3)39-27(33)17-12-13-30(16-17)31-24(28(34)38-7)23(19-10-8-9-11-20(19)26(31)32)18-14-21(35-4)25(37-6)22(15-18)36-5/h8-11,14-15,17H,12-13,16H2,1-7H3. The number of ether oxygens (including phenoxy) is 5. The van der Waals surface area contributed by atoms with Gasteiger partial charge in [0.15, 0.2) is 17.2 Å². The van der Waals surface area contributed by atoms with Crippen molar-refractivity contribution in [3.8, 4) is 28.4 Å². The zero-order valence-electron chi connectivity index (χ0n) is 23.3. The van der Waals surface area contributed by atoms with Crippen molar-refractivity contribution in [1.29, 1.82) is 0 Å². The van der Waals surface area contributed by atoms with Crippen molar-refractivity contribution in [3.63, 3.8) is 0 Å². The summed E-state index contributed by atoms with van der Waals surface area (Å²) in [6.45, 7) is 5.99. The maximum absolute atomic E-state index is 13.9. The van der Waals surface area contributed by atoms with E-state index in [1.165, 1.54) is 33.1 Å². The Hall–Kier alpha value is -4.21. The molecule has 2 heterocycles. The van der Waals surface area contributed by atoms with E-state index in [1.54, 1.807) is 41.4 Å². The predicted molar refractivity (Wildman–Crippen MR) is 147 cm³/mol. The van der Waals surface area contributed by atoms with Crippen LogP contribution in [0.3, 0.4) is 0 Å². The highest BCUT2D eigenvalue weighted by molar-refractivity contribution is 6.07. The summed E-state index contributed by atoms with van der Waals surface area (Å²) >= 11 is 0. The molecule has 1 unspecified atom stereocenters. The van der Waals surface area contributed by atoms with Crippen LogP contribution in [0, 0.1) is 5.92 Å².